The Morgan fingerprint density at radius 3 is 2.50 bits per heavy atom. The van der Waals surface area contributed by atoms with Crippen molar-refractivity contribution in [2.75, 3.05) is 19.6 Å². The van der Waals surface area contributed by atoms with Crippen LogP contribution in [-0.4, -0.2) is 48.3 Å². The third kappa shape index (κ3) is 4.44. The van der Waals surface area contributed by atoms with Crippen molar-refractivity contribution in [1.29, 1.82) is 0 Å². The smallest absolute Gasteiger partial charge is 0.229 e. The number of amides is 3. The van der Waals surface area contributed by atoms with Crippen LogP contribution in [0, 0.1) is 0 Å². The summed E-state index contributed by atoms with van der Waals surface area (Å²) >= 11 is 0. The standard InChI is InChI=1S/C12H21N3O3/c1-3-13-9(2)8-14-10(16)6-7-15-11(17)4-5-12(15)18/h9,13H,3-8H2,1-2H3,(H,14,16)/t9-/m1/s1. The molecule has 6 heteroatoms. The molecule has 3 amide bonds. The van der Waals surface area contributed by atoms with Gasteiger partial charge in [0, 0.05) is 38.4 Å². The van der Waals surface area contributed by atoms with E-state index in [1.807, 2.05) is 13.8 Å². The van der Waals surface area contributed by atoms with Gasteiger partial charge >= 0.3 is 0 Å². The molecule has 0 aromatic carbocycles. The molecule has 0 saturated carbocycles. The molecule has 0 bridgehead atoms. The highest BCUT2D eigenvalue weighted by Gasteiger charge is 2.28. The number of likely N-dealkylation sites (tertiary alicyclic amines) is 1. The van der Waals surface area contributed by atoms with E-state index in [2.05, 4.69) is 10.6 Å². The largest absolute Gasteiger partial charge is 0.354 e. The van der Waals surface area contributed by atoms with Crippen LogP contribution in [0.4, 0.5) is 0 Å². The molecule has 18 heavy (non-hydrogen) atoms. The zero-order valence-corrected chi connectivity index (χ0v) is 11.0. The molecule has 1 aliphatic rings. The average Bonchev–Trinajstić information content (AvgIpc) is 2.64. The highest BCUT2D eigenvalue weighted by atomic mass is 16.2. The van der Waals surface area contributed by atoms with Crippen LogP contribution in [-0.2, 0) is 14.4 Å². The summed E-state index contributed by atoms with van der Waals surface area (Å²) in [5, 5.41) is 5.95. The summed E-state index contributed by atoms with van der Waals surface area (Å²) in [5.74, 6) is -0.477. The fraction of sp³-hybridized carbons (Fsp3) is 0.750. The Morgan fingerprint density at radius 1 is 1.33 bits per heavy atom. The molecule has 1 rings (SSSR count). The predicted octanol–water partition coefficient (Wildman–Crippen LogP) is -0.360. The van der Waals surface area contributed by atoms with Crippen LogP contribution >= 0.6 is 0 Å². The van der Waals surface area contributed by atoms with Gasteiger partial charge in [-0.05, 0) is 13.5 Å². The molecule has 0 aromatic heterocycles. The number of hydrogen-bond acceptors (Lipinski definition) is 4. The van der Waals surface area contributed by atoms with E-state index in [0.29, 0.717) is 6.54 Å². The summed E-state index contributed by atoms with van der Waals surface area (Å²) in [6.07, 6.45) is 0.728. The van der Waals surface area contributed by atoms with E-state index in [1.54, 1.807) is 0 Å². The van der Waals surface area contributed by atoms with Crippen LogP contribution in [0.3, 0.4) is 0 Å². The van der Waals surface area contributed by atoms with E-state index in [9.17, 15) is 14.4 Å². The molecule has 1 atom stereocenters. The first kappa shape index (κ1) is 14.6. The Balaban J connectivity index is 2.21. The molecule has 0 spiro atoms. The summed E-state index contributed by atoms with van der Waals surface area (Å²) in [5.41, 5.74) is 0. The van der Waals surface area contributed by atoms with Crippen LogP contribution in [0.25, 0.3) is 0 Å². The maximum Gasteiger partial charge on any atom is 0.229 e. The molecule has 0 unspecified atom stereocenters. The molecule has 0 aliphatic carbocycles. The molecule has 1 fully saturated rings. The molecular formula is C12H21N3O3. The summed E-state index contributed by atoms with van der Waals surface area (Å²) in [7, 11) is 0. The number of carbonyl (C=O) groups is 3. The maximum absolute atomic E-state index is 11.5. The first-order chi connectivity index (χ1) is 8.54. The highest BCUT2D eigenvalue weighted by Crippen LogP contribution is 2.11. The fourth-order valence-electron chi connectivity index (χ4n) is 1.86. The normalized spacial score (nSPS) is 17.1. The third-order valence-corrected chi connectivity index (χ3v) is 2.88. The molecule has 1 aliphatic heterocycles. The minimum Gasteiger partial charge on any atom is -0.354 e. The van der Waals surface area contributed by atoms with Gasteiger partial charge in [-0.15, -0.1) is 0 Å². The van der Waals surface area contributed by atoms with Crippen LogP contribution in [0.2, 0.25) is 0 Å². The van der Waals surface area contributed by atoms with Crippen molar-refractivity contribution < 1.29 is 14.4 Å². The van der Waals surface area contributed by atoms with Crippen molar-refractivity contribution >= 4 is 17.7 Å². The van der Waals surface area contributed by atoms with Crippen molar-refractivity contribution in [3.63, 3.8) is 0 Å². The van der Waals surface area contributed by atoms with Crippen LogP contribution in [0.1, 0.15) is 33.1 Å². The highest BCUT2D eigenvalue weighted by molar-refractivity contribution is 6.02. The minimum atomic E-state index is -0.172. The predicted molar refractivity (Wildman–Crippen MR) is 66.7 cm³/mol. The van der Waals surface area contributed by atoms with Gasteiger partial charge in [0.05, 0.1) is 0 Å². The van der Waals surface area contributed by atoms with Crippen molar-refractivity contribution in [3.05, 3.63) is 0 Å². The first-order valence-electron chi connectivity index (χ1n) is 6.37. The maximum atomic E-state index is 11.5. The van der Waals surface area contributed by atoms with Gasteiger partial charge in [0.15, 0.2) is 0 Å². The minimum absolute atomic E-state index is 0.132. The van der Waals surface area contributed by atoms with Crippen LogP contribution < -0.4 is 10.6 Å². The number of nitrogens with zero attached hydrogens (tertiary/aromatic N) is 1. The molecule has 2 N–H and O–H groups in total. The molecule has 0 radical (unpaired) electrons. The van der Waals surface area contributed by atoms with E-state index in [4.69, 9.17) is 0 Å². The molecular weight excluding hydrogens is 234 g/mol. The lowest BCUT2D eigenvalue weighted by Crippen LogP contribution is -2.40. The number of carbonyl (C=O) groups excluding carboxylic acids is 3. The lowest BCUT2D eigenvalue weighted by atomic mass is 10.3. The zero-order chi connectivity index (χ0) is 13.5. The lowest BCUT2D eigenvalue weighted by Gasteiger charge is -2.15. The van der Waals surface area contributed by atoms with Crippen molar-refractivity contribution in [2.45, 2.75) is 39.2 Å². The molecule has 0 aromatic rings. The van der Waals surface area contributed by atoms with Crippen molar-refractivity contribution in [1.82, 2.24) is 15.5 Å². The summed E-state index contributed by atoms with van der Waals surface area (Å²) in [6, 6.07) is 0.217. The zero-order valence-electron chi connectivity index (χ0n) is 11.0. The molecule has 102 valence electrons. The van der Waals surface area contributed by atoms with Gasteiger partial charge in [0.2, 0.25) is 17.7 Å². The Kier molecular flexibility index (Phi) is 5.77. The number of nitrogens with one attached hydrogen (secondary N) is 2. The Labute approximate surface area is 107 Å². The quantitative estimate of drug-likeness (QED) is 0.609. The second-order valence-corrected chi connectivity index (χ2v) is 4.45. The first-order valence-corrected chi connectivity index (χ1v) is 6.37. The Hall–Kier alpha value is -1.43. The SMILES string of the molecule is CCN[C@H](C)CNC(=O)CCN1C(=O)CCC1=O. The van der Waals surface area contributed by atoms with E-state index in [1.165, 1.54) is 4.90 Å². The second-order valence-electron chi connectivity index (χ2n) is 4.45. The summed E-state index contributed by atoms with van der Waals surface area (Å²) in [4.78, 5) is 35.3. The van der Waals surface area contributed by atoms with Gasteiger partial charge in [-0.25, -0.2) is 0 Å². The number of hydrogen-bond donors (Lipinski definition) is 2. The van der Waals surface area contributed by atoms with Gasteiger partial charge < -0.3 is 10.6 Å². The van der Waals surface area contributed by atoms with E-state index >= 15 is 0 Å². The van der Waals surface area contributed by atoms with Gasteiger partial charge in [0.25, 0.3) is 0 Å². The van der Waals surface area contributed by atoms with Crippen molar-refractivity contribution in [2.24, 2.45) is 0 Å². The number of rotatable bonds is 7. The number of likely N-dealkylation sites (N-methyl/N-ethyl adjacent to an activating group) is 1. The lowest BCUT2D eigenvalue weighted by molar-refractivity contribution is -0.138. The summed E-state index contributed by atoms with van der Waals surface area (Å²) < 4.78 is 0. The van der Waals surface area contributed by atoms with Gasteiger partial charge in [-0.2, -0.15) is 0 Å². The van der Waals surface area contributed by atoms with E-state index in [-0.39, 0.29) is 49.6 Å². The topological polar surface area (TPSA) is 78.5 Å². The van der Waals surface area contributed by atoms with Gasteiger partial charge in [-0.3, -0.25) is 19.3 Å². The summed E-state index contributed by atoms with van der Waals surface area (Å²) in [6.45, 7) is 5.59. The van der Waals surface area contributed by atoms with Crippen LogP contribution in [0.5, 0.6) is 0 Å². The van der Waals surface area contributed by atoms with Crippen molar-refractivity contribution in [3.8, 4) is 0 Å². The Bertz CT molecular complexity index is 315. The van der Waals surface area contributed by atoms with Gasteiger partial charge in [-0.1, -0.05) is 6.92 Å². The fourth-order valence-corrected chi connectivity index (χ4v) is 1.86. The van der Waals surface area contributed by atoms with Crippen LogP contribution in [0.15, 0.2) is 0 Å². The third-order valence-electron chi connectivity index (χ3n) is 2.88. The molecule has 1 heterocycles. The van der Waals surface area contributed by atoms with Gasteiger partial charge in [0.1, 0.15) is 0 Å². The second kappa shape index (κ2) is 7.10. The monoisotopic (exact) mass is 255 g/mol. The van der Waals surface area contributed by atoms with E-state index < -0.39 is 0 Å². The Morgan fingerprint density at radius 2 is 1.94 bits per heavy atom. The average molecular weight is 255 g/mol. The molecule has 6 nitrogen and oxygen atoms in total. The molecule has 1 saturated heterocycles. The number of imide groups is 1. The van der Waals surface area contributed by atoms with E-state index in [0.717, 1.165) is 6.54 Å².